The van der Waals surface area contributed by atoms with E-state index in [1.807, 2.05) is 6.92 Å². The molecule has 25 nitrogen and oxygen atoms in total. The third-order valence-corrected chi connectivity index (χ3v) is 12.1. The van der Waals surface area contributed by atoms with E-state index in [9.17, 15) is 63.0 Å². The molecule has 0 spiro atoms. The Bertz CT molecular complexity index is 1860. The summed E-state index contributed by atoms with van der Waals surface area (Å²) in [6, 6.07) is -11.7. The van der Waals surface area contributed by atoms with Crippen LogP contribution in [0.15, 0.2) is 0 Å². The molecular formula is C41H66IN11O14. The molecule has 3 heterocycles. The molecule has 0 aromatic rings. The number of aliphatic hydroxyl groups is 2. The molecule has 0 aromatic carbocycles. The standard InChI is InChI=1S/C41H66IN11O14/c1-20(44-31(56)13-14-43-25(6)42)33(58)49-26(18-54)40(65)53-17-9-12-30(53)36(61)45-21(2)32(57)47-23(4)38(63)52-16-8-11-29(52)37(62)48-24(5)39(64)51-15-7-10-28(51)35(60)46-22(3)34(59)50-27(19-55)41(66)67/h20-30,43,54-55H,7-19H2,1-6H3,(H,44,56)(H,45,61)(H,46,60)(H,47,57)(H,48,62)(H,49,58)(H,50,59)(H,66,67). The lowest BCUT2D eigenvalue weighted by Gasteiger charge is -2.31. The van der Waals surface area contributed by atoms with Gasteiger partial charge in [-0.2, -0.15) is 0 Å². The summed E-state index contributed by atoms with van der Waals surface area (Å²) < 4.78 is 0.138. The second kappa shape index (κ2) is 26.4. The highest BCUT2D eigenvalue weighted by atomic mass is 127. The van der Waals surface area contributed by atoms with E-state index >= 15 is 0 Å². The summed E-state index contributed by atoms with van der Waals surface area (Å²) in [6.07, 6.45) is 2.14. The van der Waals surface area contributed by atoms with Crippen molar-refractivity contribution in [2.75, 3.05) is 39.4 Å². The summed E-state index contributed by atoms with van der Waals surface area (Å²) in [5.74, 6) is -8.11. The van der Waals surface area contributed by atoms with Crippen LogP contribution >= 0.6 is 22.6 Å². The molecule has 0 aliphatic carbocycles. The summed E-state index contributed by atoms with van der Waals surface area (Å²) in [5.41, 5.74) is 0. The Labute approximate surface area is 401 Å². The predicted molar refractivity (Wildman–Crippen MR) is 244 cm³/mol. The van der Waals surface area contributed by atoms with Crippen LogP contribution in [-0.2, 0) is 52.7 Å². The number of rotatable bonds is 23. The van der Waals surface area contributed by atoms with Crippen molar-refractivity contribution in [2.24, 2.45) is 0 Å². The fourth-order valence-corrected chi connectivity index (χ4v) is 8.17. The number of carbonyl (C=O) groups excluding carboxylic acids is 10. The van der Waals surface area contributed by atoms with Crippen LogP contribution in [0.25, 0.3) is 0 Å². The Morgan fingerprint density at radius 3 is 1.27 bits per heavy atom. The number of likely N-dealkylation sites (tertiary alicyclic amines) is 3. The molecule has 11 N–H and O–H groups in total. The second-order valence-corrected chi connectivity index (χ2v) is 18.8. The van der Waals surface area contributed by atoms with Gasteiger partial charge in [0.15, 0.2) is 0 Å². The monoisotopic (exact) mass is 1060 g/mol. The van der Waals surface area contributed by atoms with Crippen molar-refractivity contribution in [2.45, 2.75) is 151 Å². The van der Waals surface area contributed by atoms with Gasteiger partial charge in [-0.05, 0) is 80.1 Å². The number of hydrogen-bond donors (Lipinski definition) is 11. The Morgan fingerprint density at radius 2 is 0.866 bits per heavy atom. The Balaban J connectivity index is 1.52. The zero-order valence-corrected chi connectivity index (χ0v) is 40.8. The molecule has 10 amide bonds. The largest absolute Gasteiger partial charge is 0.480 e. The number of aliphatic hydroxyl groups excluding tert-OH is 2. The van der Waals surface area contributed by atoms with Gasteiger partial charge in [-0.25, -0.2) is 4.79 Å². The first-order valence-electron chi connectivity index (χ1n) is 22.4. The summed E-state index contributed by atoms with van der Waals surface area (Å²) in [7, 11) is 0. The van der Waals surface area contributed by atoms with Gasteiger partial charge in [0.2, 0.25) is 59.1 Å². The molecule has 0 bridgehead atoms. The van der Waals surface area contributed by atoms with Crippen molar-refractivity contribution >= 4 is 87.6 Å². The van der Waals surface area contributed by atoms with Gasteiger partial charge in [-0.3, -0.25) is 47.9 Å². The highest BCUT2D eigenvalue weighted by Gasteiger charge is 2.42. The first-order chi connectivity index (χ1) is 31.5. The molecule has 0 aromatic heterocycles. The third kappa shape index (κ3) is 15.9. The van der Waals surface area contributed by atoms with Crippen molar-refractivity contribution in [3.8, 4) is 0 Å². The number of carboxylic acid groups (broad SMARTS) is 1. The number of nitrogens with zero attached hydrogens (tertiary/aromatic N) is 3. The maximum atomic E-state index is 13.6. The first-order valence-corrected chi connectivity index (χ1v) is 23.6. The van der Waals surface area contributed by atoms with E-state index in [-0.39, 0.29) is 49.4 Å². The molecule has 3 aliphatic heterocycles. The van der Waals surface area contributed by atoms with Gasteiger partial charge in [-0.15, -0.1) is 0 Å². The van der Waals surface area contributed by atoms with Crippen LogP contribution in [0.5, 0.6) is 0 Å². The van der Waals surface area contributed by atoms with Crippen LogP contribution in [0.3, 0.4) is 0 Å². The number of carboxylic acids is 1. The topological polar surface area (TPSA) is 354 Å². The molecular weight excluding hydrogens is 997 g/mol. The van der Waals surface area contributed by atoms with Crippen molar-refractivity contribution < 1.29 is 68.1 Å². The Kier molecular flexibility index (Phi) is 22.1. The molecule has 0 radical (unpaired) electrons. The lowest BCUT2D eigenvalue weighted by Crippen LogP contribution is -2.59. The second-order valence-electron chi connectivity index (χ2n) is 16.9. The molecule has 3 fully saturated rings. The predicted octanol–water partition coefficient (Wildman–Crippen LogP) is -4.72. The molecule has 376 valence electrons. The van der Waals surface area contributed by atoms with Crippen LogP contribution < -0.4 is 42.5 Å². The van der Waals surface area contributed by atoms with Crippen molar-refractivity contribution in [3.63, 3.8) is 0 Å². The minimum Gasteiger partial charge on any atom is -0.480 e. The lowest BCUT2D eigenvalue weighted by molar-refractivity contribution is -0.145. The number of amides is 10. The SMILES string of the molecule is CC(I)NCCC(=O)NC(C)C(=O)NC(CO)C(=O)N1CCCC1C(=O)NC(C)C(=O)NC(C)C(=O)N1CCCC1C(=O)NC(C)C(=O)N1CCCC1C(=O)NC(C)C(=O)NC(CO)C(=O)O. The number of hydrogen-bond acceptors (Lipinski definition) is 14. The van der Waals surface area contributed by atoms with Gasteiger partial charge < -0.3 is 72.6 Å². The van der Waals surface area contributed by atoms with Crippen molar-refractivity contribution in [3.05, 3.63) is 0 Å². The van der Waals surface area contributed by atoms with Crippen LogP contribution in [0, 0.1) is 0 Å². The number of halogens is 1. The summed E-state index contributed by atoms with van der Waals surface area (Å²) >= 11 is 2.14. The smallest absolute Gasteiger partial charge is 0.328 e. The average molecular weight is 1060 g/mol. The fraction of sp³-hybridized carbons (Fsp3) is 0.732. The molecule has 3 saturated heterocycles. The van der Waals surface area contributed by atoms with E-state index in [0.717, 1.165) is 0 Å². The van der Waals surface area contributed by atoms with E-state index in [1.165, 1.54) is 49.3 Å². The number of nitrogens with one attached hydrogen (secondary N) is 8. The minimum absolute atomic E-state index is 0.113. The van der Waals surface area contributed by atoms with Gasteiger partial charge in [-0.1, -0.05) is 22.6 Å². The zero-order chi connectivity index (χ0) is 50.3. The molecule has 3 aliphatic rings. The molecule has 11 unspecified atom stereocenters. The van der Waals surface area contributed by atoms with Gasteiger partial charge in [0.05, 0.1) is 17.3 Å². The Morgan fingerprint density at radius 1 is 0.507 bits per heavy atom. The van der Waals surface area contributed by atoms with E-state index in [4.69, 9.17) is 5.11 Å². The van der Waals surface area contributed by atoms with Crippen molar-refractivity contribution in [1.82, 2.24) is 57.2 Å². The van der Waals surface area contributed by atoms with Crippen molar-refractivity contribution in [1.29, 1.82) is 0 Å². The van der Waals surface area contributed by atoms with Crippen LogP contribution in [0.2, 0.25) is 0 Å². The van der Waals surface area contributed by atoms with Crippen LogP contribution in [0.1, 0.15) is 86.5 Å². The van der Waals surface area contributed by atoms with Gasteiger partial charge >= 0.3 is 5.97 Å². The maximum Gasteiger partial charge on any atom is 0.328 e. The third-order valence-electron chi connectivity index (χ3n) is 11.6. The van der Waals surface area contributed by atoms with E-state index in [2.05, 4.69) is 65.1 Å². The summed E-state index contributed by atoms with van der Waals surface area (Å²) in [6.45, 7) is 8.07. The lowest BCUT2D eigenvalue weighted by atomic mass is 10.1. The minimum atomic E-state index is -1.58. The average Bonchev–Trinajstić information content (AvgIpc) is 4.08. The van der Waals surface area contributed by atoms with Gasteiger partial charge in [0.1, 0.15) is 60.4 Å². The van der Waals surface area contributed by atoms with Gasteiger partial charge in [0, 0.05) is 32.6 Å². The number of carbonyl (C=O) groups is 11. The zero-order valence-electron chi connectivity index (χ0n) is 38.6. The van der Waals surface area contributed by atoms with E-state index < -0.39 is 139 Å². The molecule has 3 rings (SSSR count). The molecule has 11 atom stereocenters. The summed E-state index contributed by atoms with van der Waals surface area (Å²) in [5, 5.41) is 48.6. The first kappa shape index (κ1) is 56.1. The molecule has 67 heavy (non-hydrogen) atoms. The van der Waals surface area contributed by atoms with E-state index in [0.29, 0.717) is 25.8 Å². The maximum absolute atomic E-state index is 13.6. The quantitative estimate of drug-likeness (QED) is 0.0260. The van der Waals surface area contributed by atoms with Gasteiger partial charge in [0.25, 0.3) is 0 Å². The summed E-state index contributed by atoms with van der Waals surface area (Å²) in [4.78, 5) is 146. The highest BCUT2D eigenvalue weighted by Crippen LogP contribution is 2.22. The molecule has 26 heteroatoms. The van der Waals surface area contributed by atoms with E-state index in [1.54, 1.807) is 0 Å². The van der Waals surface area contributed by atoms with Crippen LogP contribution in [0.4, 0.5) is 0 Å². The number of aliphatic carboxylic acids is 1. The van der Waals surface area contributed by atoms with Crippen LogP contribution in [-0.4, -0.2) is 199 Å². The Hall–Kier alpha value is -5.22. The highest BCUT2D eigenvalue weighted by molar-refractivity contribution is 14.1. The molecule has 0 saturated carbocycles. The normalized spacial score (nSPS) is 21.6. The fourth-order valence-electron chi connectivity index (χ4n) is 7.86. The number of alkyl halides is 1.